The van der Waals surface area contributed by atoms with Gasteiger partial charge in [-0.25, -0.2) is 4.79 Å². The molecule has 1 amide bonds. The zero-order valence-electron chi connectivity index (χ0n) is 14.0. The molecular weight excluding hydrogens is 477 g/mol. The maximum absolute atomic E-state index is 13.0. The van der Waals surface area contributed by atoms with Crippen molar-refractivity contribution in [2.75, 3.05) is 5.75 Å². The Morgan fingerprint density at radius 2 is 1.59 bits per heavy atom. The lowest BCUT2D eigenvalue weighted by molar-refractivity contribution is -0.158. The Hall–Kier alpha value is -2.13. The number of amides is 1. The molecule has 27 heavy (non-hydrogen) atoms. The first-order valence-electron chi connectivity index (χ1n) is 8.26. The molecule has 0 aliphatic carbocycles. The lowest BCUT2D eigenvalue weighted by atomic mass is 10.0. The fourth-order valence-electron chi connectivity index (χ4n) is 3.06. The lowest BCUT2D eigenvalue weighted by Gasteiger charge is -2.41. The summed E-state index contributed by atoms with van der Waals surface area (Å²) in [7, 11) is 0. The van der Waals surface area contributed by atoms with Crippen LogP contribution in [-0.4, -0.2) is 33.7 Å². The van der Waals surface area contributed by atoms with Crippen LogP contribution in [-0.2, 0) is 19.1 Å². The first-order chi connectivity index (χ1) is 13.1. The molecule has 4 rings (SSSR count). The predicted octanol–water partition coefficient (Wildman–Crippen LogP) is 3.45. The van der Waals surface area contributed by atoms with Crippen LogP contribution in [0.2, 0.25) is 0 Å². The van der Waals surface area contributed by atoms with Crippen LogP contribution in [0.4, 0.5) is 0 Å². The first-order valence-corrected chi connectivity index (χ1v) is 10.4. The highest BCUT2D eigenvalue weighted by molar-refractivity contribution is 14.1. The van der Waals surface area contributed by atoms with Crippen LogP contribution in [0.1, 0.15) is 17.2 Å². The number of thioether (sulfide) groups is 1. The summed E-state index contributed by atoms with van der Waals surface area (Å²) in [6, 6.07) is 18.9. The van der Waals surface area contributed by atoms with Gasteiger partial charge in [0.2, 0.25) is 0 Å². The minimum absolute atomic E-state index is 0.181. The summed E-state index contributed by atoms with van der Waals surface area (Å²) in [5.74, 6) is -1.20. The van der Waals surface area contributed by atoms with Crippen LogP contribution in [0.25, 0.3) is 0 Å². The number of ketones is 1. The van der Waals surface area contributed by atoms with E-state index in [1.54, 1.807) is 0 Å². The molecule has 1 fully saturated rings. The molecule has 5 nitrogen and oxygen atoms in total. The van der Waals surface area contributed by atoms with E-state index in [4.69, 9.17) is 4.74 Å². The zero-order chi connectivity index (χ0) is 19.0. The van der Waals surface area contributed by atoms with Crippen molar-refractivity contribution in [1.82, 2.24) is 4.90 Å². The number of ether oxygens (including phenoxy) is 1. The van der Waals surface area contributed by atoms with E-state index in [1.165, 1.54) is 16.7 Å². The number of Topliss-reactive ketones (excluding diaryl/α,β-unsaturated/α-hetero) is 1. The van der Waals surface area contributed by atoms with Crippen molar-refractivity contribution in [3.05, 3.63) is 81.1 Å². The van der Waals surface area contributed by atoms with Crippen molar-refractivity contribution in [1.29, 1.82) is 0 Å². The van der Waals surface area contributed by atoms with Crippen LogP contribution in [0, 0.1) is 0 Å². The van der Waals surface area contributed by atoms with Gasteiger partial charge < -0.3 is 4.74 Å². The van der Waals surface area contributed by atoms with Gasteiger partial charge in [-0.15, -0.1) is 11.8 Å². The van der Waals surface area contributed by atoms with Crippen molar-refractivity contribution in [3.8, 4) is 0 Å². The molecule has 136 valence electrons. The molecule has 0 N–H and O–H groups in total. The molecule has 0 aromatic heterocycles. The number of carbonyl (C=O) groups is 3. The molecule has 2 heterocycles. The summed E-state index contributed by atoms with van der Waals surface area (Å²) in [6.45, 7) is 0. The maximum Gasteiger partial charge on any atom is 0.356 e. The fourth-order valence-corrected chi connectivity index (χ4v) is 5.12. The van der Waals surface area contributed by atoms with Gasteiger partial charge in [-0.1, -0.05) is 60.7 Å². The number of carbonyl (C=O) groups excluding carboxylic acids is 3. The van der Waals surface area contributed by atoms with Crippen molar-refractivity contribution >= 4 is 52.0 Å². The number of rotatable bonds is 4. The smallest absolute Gasteiger partial charge is 0.356 e. The zero-order valence-corrected chi connectivity index (χ0v) is 17.0. The minimum Gasteiger partial charge on any atom is -0.448 e. The molecule has 2 aromatic rings. The van der Waals surface area contributed by atoms with E-state index in [1.807, 2.05) is 83.3 Å². The summed E-state index contributed by atoms with van der Waals surface area (Å²) in [6.07, 6.45) is -0.600. The van der Waals surface area contributed by atoms with Gasteiger partial charge in [0.25, 0.3) is 11.7 Å². The normalized spacial score (nSPS) is 19.0. The Kier molecular flexibility index (Phi) is 5.05. The number of hydrogen-bond acceptors (Lipinski definition) is 5. The fraction of sp³-hybridized carbons (Fsp3) is 0.150. The van der Waals surface area contributed by atoms with E-state index >= 15 is 0 Å². The van der Waals surface area contributed by atoms with Crippen LogP contribution in [0.3, 0.4) is 0 Å². The topological polar surface area (TPSA) is 63.7 Å². The van der Waals surface area contributed by atoms with Gasteiger partial charge in [-0.3, -0.25) is 14.5 Å². The standard InChI is InChI=1S/C20H14INO4S/c21-14-11-27-19-16(23)18(24)22(19)15(14)20(25)26-17(12-7-3-1-4-8-12)13-9-5-2-6-10-13/h1-10,17,19H,11H2/t19-/m1/s1. The predicted molar refractivity (Wildman–Crippen MR) is 110 cm³/mol. The number of benzene rings is 2. The third-order valence-electron chi connectivity index (χ3n) is 4.38. The van der Waals surface area contributed by atoms with Crippen LogP contribution in [0.15, 0.2) is 69.9 Å². The van der Waals surface area contributed by atoms with Crippen LogP contribution in [0.5, 0.6) is 0 Å². The second-order valence-corrected chi connectivity index (χ2v) is 8.43. The summed E-state index contributed by atoms with van der Waals surface area (Å²) in [5.41, 5.74) is 1.85. The van der Waals surface area contributed by atoms with Crippen LogP contribution >= 0.6 is 34.4 Å². The molecule has 2 aliphatic rings. The van der Waals surface area contributed by atoms with Gasteiger partial charge >= 0.3 is 5.97 Å². The molecule has 2 aromatic carbocycles. The van der Waals surface area contributed by atoms with Gasteiger partial charge in [-0.2, -0.15) is 0 Å². The molecular formula is C20H14INO4S. The Balaban J connectivity index is 1.66. The van der Waals surface area contributed by atoms with Crippen LogP contribution < -0.4 is 0 Å². The molecule has 1 saturated heterocycles. The second-order valence-electron chi connectivity index (χ2n) is 6.06. The van der Waals surface area contributed by atoms with E-state index in [-0.39, 0.29) is 5.70 Å². The van der Waals surface area contributed by atoms with Crippen molar-refractivity contribution < 1.29 is 19.1 Å². The summed E-state index contributed by atoms with van der Waals surface area (Å²) in [4.78, 5) is 38.0. The molecule has 2 aliphatic heterocycles. The molecule has 1 atom stereocenters. The molecule has 0 spiro atoms. The number of esters is 1. The number of halogens is 1. The van der Waals surface area contributed by atoms with Gasteiger partial charge in [0.05, 0.1) is 0 Å². The third kappa shape index (κ3) is 3.29. The highest BCUT2D eigenvalue weighted by Crippen LogP contribution is 2.41. The molecule has 0 unspecified atom stereocenters. The Labute approximate surface area is 173 Å². The average molecular weight is 491 g/mol. The van der Waals surface area contributed by atoms with Crippen molar-refractivity contribution in [3.63, 3.8) is 0 Å². The quantitative estimate of drug-likeness (QED) is 0.284. The van der Waals surface area contributed by atoms with E-state index in [9.17, 15) is 14.4 Å². The number of β-lactam (4-membered cyclic amide) rings is 1. The monoisotopic (exact) mass is 491 g/mol. The summed E-state index contributed by atoms with van der Waals surface area (Å²) < 4.78 is 6.56. The highest BCUT2D eigenvalue weighted by Gasteiger charge is 2.53. The highest BCUT2D eigenvalue weighted by atomic mass is 127. The number of fused-ring (bicyclic) bond motifs is 1. The van der Waals surface area contributed by atoms with E-state index in [0.29, 0.717) is 9.33 Å². The van der Waals surface area contributed by atoms with E-state index < -0.39 is 29.1 Å². The minimum atomic E-state index is -0.649. The van der Waals surface area contributed by atoms with E-state index in [2.05, 4.69) is 0 Å². The molecule has 0 saturated carbocycles. The third-order valence-corrected chi connectivity index (χ3v) is 6.98. The largest absolute Gasteiger partial charge is 0.448 e. The maximum atomic E-state index is 13.0. The average Bonchev–Trinajstić information content (AvgIpc) is 2.72. The SMILES string of the molecule is O=C(OC(c1ccccc1)c1ccccc1)C1=C(I)CS[C@@H]2C(=O)C(=O)N12. The van der Waals surface area contributed by atoms with Gasteiger partial charge in [-0.05, 0) is 33.7 Å². The van der Waals surface area contributed by atoms with Crippen molar-refractivity contribution in [2.45, 2.75) is 11.5 Å². The molecule has 0 radical (unpaired) electrons. The number of hydrogen-bond donors (Lipinski definition) is 0. The van der Waals surface area contributed by atoms with E-state index in [0.717, 1.165) is 11.1 Å². The van der Waals surface area contributed by atoms with Gasteiger partial charge in [0.15, 0.2) is 11.5 Å². The Morgan fingerprint density at radius 1 is 1.04 bits per heavy atom. The Bertz CT molecular complexity index is 905. The first kappa shape index (κ1) is 18.2. The lowest BCUT2D eigenvalue weighted by Crippen LogP contribution is -2.62. The van der Waals surface area contributed by atoms with Gasteiger partial charge in [0, 0.05) is 9.33 Å². The summed E-state index contributed by atoms with van der Waals surface area (Å²) >= 11 is 3.39. The second kappa shape index (κ2) is 7.47. The molecule has 7 heteroatoms. The van der Waals surface area contributed by atoms with Crippen molar-refractivity contribution in [2.24, 2.45) is 0 Å². The molecule has 0 bridgehead atoms. The van der Waals surface area contributed by atoms with Gasteiger partial charge in [0.1, 0.15) is 5.70 Å². The Morgan fingerprint density at radius 3 is 2.15 bits per heavy atom. The summed E-state index contributed by atoms with van der Waals surface area (Å²) in [5, 5.41) is -0.606. The number of nitrogens with zero attached hydrogens (tertiary/aromatic N) is 1.